The number of halogens is 3. The topological polar surface area (TPSA) is 37.8 Å². The normalized spacial score (nSPS) is 11.4. The molecule has 2 rings (SSSR count). The third kappa shape index (κ3) is 3.46. The summed E-state index contributed by atoms with van der Waals surface area (Å²) in [5.41, 5.74) is 0.403. The van der Waals surface area contributed by atoms with Crippen LogP contribution in [0.4, 0.5) is 19.0 Å². The van der Waals surface area contributed by atoms with Gasteiger partial charge in [0.2, 0.25) is 0 Å². The minimum absolute atomic E-state index is 0.0653. The maximum Gasteiger partial charge on any atom is 0.416 e. The van der Waals surface area contributed by atoms with Gasteiger partial charge in [-0.25, -0.2) is 9.97 Å². The Morgan fingerprint density at radius 3 is 2.60 bits per heavy atom. The molecule has 0 bridgehead atoms. The number of hydrogen-bond acceptors (Lipinski definition) is 3. The van der Waals surface area contributed by atoms with E-state index in [0.717, 1.165) is 18.2 Å². The first-order valence-corrected chi connectivity index (χ1v) is 6.20. The fourth-order valence-electron chi connectivity index (χ4n) is 1.82. The molecule has 1 heterocycles. The molecule has 0 radical (unpaired) electrons. The molecule has 1 aromatic carbocycles. The molecule has 1 N–H and O–H groups in total. The van der Waals surface area contributed by atoms with E-state index in [9.17, 15) is 13.2 Å². The Balaban J connectivity index is 2.15. The lowest BCUT2D eigenvalue weighted by Crippen LogP contribution is -2.12. The van der Waals surface area contributed by atoms with Crippen molar-refractivity contribution in [3.05, 3.63) is 53.5 Å². The molecule has 0 unspecified atom stereocenters. The zero-order valence-corrected chi connectivity index (χ0v) is 10.9. The Kier molecular flexibility index (Phi) is 4.22. The van der Waals surface area contributed by atoms with Gasteiger partial charge < -0.3 is 5.32 Å². The van der Waals surface area contributed by atoms with Crippen molar-refractivity contribution < 1.29 is 13.2 Å². The quantitative estimate of drug-likeness (QED) is 0.929. The first kappa shape index (κ1) is 14.3. The maximum atomic E-state index is 12.8. The zero-order valence-electron chi connectivity index (χ0n) is 10.9. The van der Waals surface area contributed by atoms with Crippen molar-refractivity contribution >= 4 is 5.82 Å². The largest absolute Gasteiger partial charge is 0.416 e. The molecule has 0 saturated carbocycles. The van der Waals surface area contributed by atoms with Crippen molar-refractivity contribution in [2.75, 3.05) is 5.32 Å². The molecular formula is C14H14F3N3. The molecule has 6 heteroatoms. The van der Waals surface area contributed by atoms with Crippen LogP contribution < -0.4 is 5.32 Å². The lowest BCUT2D eigenvalue weighted by Gasteiger charge is -2.13. The lowest BCUT2D eigenvalue weighted by atomic mass is 10.1. The average molecular weight is 281 g/mol. The van der Waals surface area contributed by atoms with E-state index < -0.39 is 11.7 Å². The number of alkyl halides is 3. The predicted molar refractivity (Wildman–Crippen MR) is 70.2 cm³/mol. The van der Waals surface area contributed by atoms with Gasteiger partial charge in [0.05, 0.1) is 5.56 Å². The van der Waals surface area contributed by atoms with Crippen LogP contribution in [0.2, 0.25) is 0 Å². The van der Waals surface area contributed by atoms with Crippen LogP contribution in [0.5, 0.6) is 0 Å². The van der Waals surface area contributed by atoms with Gasteiger partial charge in [-0.05, 0) is 18.1 Å². The molecule has 2 aromatic rings. The second-order valence-electron chi connectivity index (χ2n) is 4.26. The van der Waals surface area contributed by atoms with Crippen LogP contribution in [0.1, 0.15) is 23.7 Å². The van der Waals surface area contributed by atoms with Crippen LogP contribution in [-0.4, -0.2) is 9.97 Å². The van der Waals surface area contributed by atoms with Gasteiger partial charge in [0, 0.05) is 18.3 Å². The van der Waals surface area contributed by atoms with E-state index in [1.807, 2.05) is 6.92 Å². The van der Waals surface area contributed by atoms with Gasteiger partial charge in [-0.2, -0.15) is 13.2 Å². The number of rotatable bonds is 4. The maximum absolute atomic E-state index is 12.8. The number of hydrogen-bond donors (Lipinski definition) is 1. The minimum atomic E-state index is -4.35. The molecule has 0 atom stereocenters. The molecule has 3 nitrogen and oxygen atoms in total. The monoisotopic (exact) mass is 281 g/mol. The van der Waals surface area contributed by atoms with Crippen LogP contribution in [0.3, 0.4) is 0 Å². The standard InChI is InChI=1S/C14H14F3N3/c1-2-11-7-13(20-9-19-11)18-8-10-5-3-4-6-12(10)14(15,16)17/h3-7,9H,2,8H2,1H3,(H,18,19,20). The number of anilines is 1. The van der Waals surface area contributed by atoms with Gasteiger partial charge in [0.15, 0.2) is 0 Å². The van der Waals surface area contributed by atoms with Gasteiger partial charge in [0.25, 0.3) is 0 Å². The van der Waals surface area contributed by atoms with E-state index in [-0.39, 0.29) is 12.1 Å². The summed E-state index contributed by atoms with van der Waals surface area (Å²) in [7, 11) is 0. The number of nitrogens with one attached hydrogen (secondary N) is 1. The van der Waals surface area contributed by atoms with Crippen LogP contribution in [0, 0.1) is 0 Å². The predicted octanol–water partition coefficient (Wildman–Crippen LogP) is 3.67. The van der Waals surface area contributed by atoms with E-state index in [2.05, 4.69) is 15.3 Å². The molecule has 1 aromatic heterocycles. The Morgan fingerprint density at radius 1 is 1.15 bits per heavy atom. The SMILES string of the molecule is CCc1cc(NCc2ccccc2C(F)(F)F)ncn1. The highest BCUT2D eigenvalue weighted by Gasteiger charge is 2.32. The summed E-state index contributed by atoms with van der Waals surface area (Å²) in [4.78, 5) is 8.03. The Bertz CT molecular complexity index is 582. The Morgan fingerprint density at radius 2 is 1.90 bits per heavy atom. The molecule has 0 aliphatic rings. The number of aromatic nitrogens is 2. The van der Waals surface area contributed by atoms with Crippen molar-refractivity contribution in [3.63, 3.8) is 0 Å². The summed E-state index contributed by atoms with van der Waals surface area (Å²) in [6, 6.07) is 7.23. The van der Waals surface area contributed by atoms with Gasteiger partial charge in [0.1, 0.15) is 12.1 Å². The van der Waals surface area contributed by atoms with Gasteiger partial charge in [-0.1, -0.05) is 25.1 Å². The molecule has 0 saturated heterocycles. The second kappa shape index (κ2) is 5.90. The Hall–Kier alpha value is -2.11. The third-order valence-corrected chi connectivity index (χ3v) is 2.87. The molecule has 0 spiro atoms. The Labute approximate surface area is 114 Å². The van der Waals surface area contributed by atoms with Crippen LogP contribution in [0.15, 0.2) is 36.7 Å². The number of benzene rings is 1. The summed E-state index contributed by atoms with van der Waals surface area (Å²) in [6.45, 7) is 2.01. The smallest absolute Gasteiger partial charge is 0.366 e. The van der Waals surface area contributed by atoms with Crippen molar-refractivity contribution in [1.82, 2.24) is 9.97 Å². The molecule has 0 fully saturated rings. The molecule has 0 aliphatic heterocycles. The number of aryl methyl sites for hydroxylation is 1. The highest BCUT2D eigenvalue weighted by atomic mass is 19.4. The summed E-state index contributed by atoms with van der Waals surface area (Å²) < 4.78 is 38.5. The summed E-state index contributed by atoms with van der Waals surface area (Å²) in [5, 5.41) is 2.90. The van der Waals surface area contributed by atoms with Crippen molar-refractivity contribution in [1.29, 1.82) is 0 Å². The first-order valence-electron chi connectivity index (χ1n) is 6.20. The summed E-state index contributed by atoms with van der Waals surface area (Å²) in [6.07, 6.45) is -2.20. The average Bonchev–Trinajstić information content (AvgIpc) is 2.44. The molecule has 20 heavy (non-hydrogen) atoms. The fraction of sp³-hybridized carbons (Fsp3) is 0.286. The van der Waals surface area contributed by atoms with Crippen LogP contribution in [0.25, 0.3) is 0 Å². The zero-order chi connectivity index (χ0) is 14.6. The van der Waals surface area contributed by atoms with E-state index in [1.54, 1.807) is 12.1 Å². The lowest BCUT2D eigenvalue weighted by molar-refractivity contribution is -0.138. The summed E-state index contributed by atoms with van der Waals surface area (Å²) >= 11 is 0. The minimum Gasteiger partial charge on any atom is -0.366 e. The molecule has 106 valence electrons. The first-order chi connectivity index (χ1) is 9.50. The van der Waals surface area contributed by atoms with E-state index in [0.29, 0.717) is 5.82 Å². The second-order valence-corrected chi connectivity index (χ2v) is 4.26. The van der Waals surface area contributed by atoms with E-state index >= 15 is 0 Å². The third-order valence-electron chi connectivity index (χ3n) is 2.87. The highest BCUT2D eigenvalue weighted by Crippen LogP contribution is 2.32. The van der Waals surface area contributed by atoms with Gasteiger partial charge in [-0.3, -0.25) is 0 Å². The van der Waals surface area contributed by atoms with Crippen molar-refractivity contribution in [3.8, 4) is 0 Å². The van der Waals surface area contributed by atoms with E-state index in [1.165, 1.54) is 18.5 Å². The van der Waals surface area contributed by atoms with E-state index in [4.69, 9.17) is 0 Å². The highest BCUT2D eigenvalue weighted by molar-refractivity contribution is 5.38. The van der Waals surface area contributed by atoms with Gasteiger partial charge >= 0.3 is 6.18 Å². The summed E-state index contributed by atoms with van der Waals surface area (Å²) in [5.74, 6) is 0.522. The van der Waals surface area contributed by atoms with Crippen LogP contribution in [-0.2, 0) is 19.1 Å². The molecule has 0 amide bonds. The van der Waals surface area contributed by atoms with Crippen LogP contribution >= 0.6 is 0 Å². The number of nitrogens with zero attached hydrogens (tertiary/aromatic N) is 2. The van der Waals surface area contributed by atoms with Crippen molar-refractivity contribution in [2.45, 2.75) is 26.1 Å². The van der Waals surface area contributed by atoms with Gasteiger partial charge in [-0.15, -0.1) is 0 Å². The molecular weight excluding hydrogens is 267 g/mol. The van der Waals surface area contributed by atoms with Crippen molar-refractivity contribution in [2.24, 2.45) is 0 Å². The fourth-order valence-corrected chi connectivity index (χ4v) is 1.82. The molecule has 0 aliphatic carbocycles.